The minimum atomic E-state index is -0.573. The summed E-state index contributed by atoms with van der Waals surface area (Å²) in [7, 11) is 0. The maximum Gasteiger partial charge on any atom is 0.123 e. The number of hydrogen-bond donors (Lipinski definition) is 2. The molecule has 0 radical (unpaired) electrons. The Labute approximate surface area is 125 Å². The number of hydrogen-bond acceptors (Lipinski definition) is 4. The van der Waals surface area contributed by atoms with E-state index in [0.717, 1.165) is 6.54 Å². The van der Waals surface area contributed by atoms with Crippen LogP contribution in [-0.2, 0) is 0 Å². The molecule has 0 amide bonds. The van der Waals surface area contributed by atoms with Crippen molar-refractivity contribution in [1.29, 1.82) is 0 Å². The number of aliphatic hydroxyl groups excluding tert-OH is 1. The molecular formula is C16H25FN2O2. The molecule has 1 aliphatic rings. The first-order chi connectivity index (χ1) is 10.1. The fourth-order valence-electron chi connectivity index (χ4n) is 2.54. The van der Waals surface area contributed by atoms with Gasteiger partial charge in [-0.25, -0.2) is 4.39 Å². The highest BCUT2D eigenvalue weighted by atomic mass is 19.1. The lowest BCUT2D eigenvalue weighted by molar-refractivity contribution is 0.102. The molecule has 2 N–H and O–H groups in total. The standard InChI is InChI=1S/C16H25FN2O2/c1-13(11-19-8-2-3-9-19)18-10-15(20)12-21-16-6-4-14(17)5-7-16/h4-7,13,15,18,20H,2-3,8-12H2,1H3. The molecule has 0 aliphatic carbocycles. The lowest BCUT2D eigenvalue weighted by Crippen LogP contribution is -2.42. The summed E-state index contributed by atoms with van der Waals surface area (Å²) in [6.07, 6.45) is 2.01. The largest absolute Gasteiger partial charge is 0.491 e. The Morgan fingerprint density at radius 1 is 1.29 bits per heavy atom. The zero-order valence-corrected chi connectivity index (χ0v) is 12.6. The molecule has 1 saturated heterocycles. The predicted molar refractivity (Wildman–Crippen MR) is 81.0 cm³/mol. The third-order valence-electron chi connectivity index (χ3n) is 3.69. The molecule has 1 heterocycles. The van der Waals surface area contributed by atoms with E-state index in [1.165, 1.54) is 38.1 Å². The van der Waals surface area contributed by atoms with E-state index in [4.69, 9.17) is 4.74 Å². The molecule has 1 aliphatic heterocycles. The smallest absolute Gasteiger partial charge is 0.123 e. The van der Waals surface area contributed by atoms with Crippen LogP contribution in [0.1, 0.15) is 19.8 Å². The van der Waals surface area contributed by atoms with Crippen molar-refractivity contribution in [3.05, 3.63) is 30.1 Å². The number of halogens is 1. The Morgan fingerprint density at radius 3 is 2.62 bits per heavy atom. The number of nitrogens with zero attached hydrogens (tertiary/aromatic N) is 1. The van der Waals surface area contributed by atoms with Gasteiger partial charge in [0.2, 0.25) is 0 Å². The van der Waals surface area contributed by atoms with E-state index in [1.807, 2.05) is 0 Å². The van der Waals surface area contributed by atoms with E-state index in [0.29, 0.717) is 18.3 Å². The van der Waals surface area contributed by atoms with Crippen LogP contribution in [0.25, 0.3) is 0 Å². The molecule has 1 aromatic carbocycles. The van der Waals surface area contributed by atoms with Crippen molar-refractivity contribution in [3.63, 3.8) is 0 Å². The minimum Gasteiger partial charge on any atom is -0.491 e. The van der Waals surface area contributed by atoms with E-state index in [1.54, 1.807) is 12.1 Å². The number of benzene rings is 1. The summed E-state index contributed by atoms with van der Waals surface area (Å²) in [5, 5.41) is 13.2. The molecule has 0 spiro atoms. The molecule has 2 unspecified atom stereocenters. The molecule has 118 valence electrons. The average Bonchev–Trinajstić information content (AvgIpc) is 2.97. The quantitative estimate of drug-likeness (QED) is 0.765. The molecule has 2 atom stereocenters. The summed E-state index contributed by atoms with van der Waals surface area (Å²) >= 11 is 0. The Bertz CT molecular complexity index is 407. The highest BCUT2D eigenvalue weighted by Gasteiger charge is 2.15. The Hall–Kier alpha value is -1.17. The summed E-state index contributed by atoms with van der Waals surface area (Å²) in [5.41, 5.74) is 0. The Morgan fingerprint density at radius 2 is 1.95 bits per heavy atom. The van der Waals surface area contributed by atoms with Gasteiger partial charge in [-0.15, -0.1) is 0 Å². The molecule has 21 heavy (non-hydrogen) atoms. The van der Waals surface area contributed by atoms with Gasteiger partial charge in [0.15, 0.2) is 0 Å². The van der Waals surface area contributed by atoms with Crippen LogP contribution in [0, 0.1) is 5.82 Å². The van der Waals surface area contributed by atoms with Crippen LogP contribution in [0.15, 0.2) is 24.3 Å². The van der Waals surface area contributed by atoms with Crippen molar-refractivity contribution in [1.82, 2.24) is 10.2 Å². The first kappa shape index (κ1) is 16.2. The monoisotopic (exact) mass is 296 g/mol. The van der Waals surface area contributed by atoms with Crippen LogP contribution < -0.4 is 10.1 Å². The first-order valence-corrected chi connectivity index (χ1v) is 7.65. The number of rotatable bonds is 8. The molecule has 5 heteroatoms. The zero-order chi connectivity index (χ0) is 15.1. The fraction of sp³-hybridized carbons (Fsp3) is 0.625. The van der Waals surface area contributed by atoms with Crippen LogP contribution in [0.5, 0.6) is 5.75 Å². The predicted octanol–water partition coefficient (Wildman–Crippen LogP) is 1.64. The third kappa shape index (κ3) is 5.99. The van der Waals surface area contributed by atoms with E-state index < -0.39 is 6.10 Å². The third-order valence-corrected chi connectivity index (χ3v) is 3.69. The number of likely N-dealkylation sites (tertiary alicyclic amines) is 1. The SMILES string of the molecule is CC(CN1CCCC1)NCC(O)COc1ccc(F)cc1. The number of nitrogens with one attached hydrogen (secondary N) is 1. The molecular weight excluding hydrogens is 271 g/mol. The lowest BCUT2D eigenvalue weighted by Gasteiger charge is -2.22. The summed E-state index contributed by atoms with van der Waals surface area (Å²) < 4.78 is 18.2. The van der Waals surface area contributed by atoms with Crippen molar-refractivity contribution in [2.45, 2.75) is 31.9 Å². The second-order valence-corrected chi connectivity index (χ2v) is 5.74. The molecule has 4 nitrogen and oxygen atoms in total. The van der Waals surface area contributed by atoms with Crippen LogP contribution >= 0.6 is 0 Å². The Balaban J connectivity index is 1.60. The van der Waals surface area contributed by atoms with Gasteiger partial charge in [0.25, 0.3) is 0 Å². The molecule has 0 aromatic heterocycles. The van der Waals surface area contributed by atoms with Gasteiger partial charge in [0, 0.05) is 19.1 Å². The van der Waals surface area contributed by atoms with Crippen molar-refractivity contribution in [2.75, 3.05) is 32.8 Å². The van der Waals surface area contributed by atoms with Crippen molar-refractivity contribution < 1.29 is 14.2 Å². The lowest BCUT2D eigenvalue weighted by atomic mass is 10.3. The first-order valence-electron chi connectivity index (χ1n) is 7.65. The maximum atomic E-state index is 12.7. The molecule has 0 bridgehead atoms. The maximum absolute atomic E-state index is 12.7. The molecule has 1 aromatic rings. The van der Waals surface area contributed by atoms with E-state index in [9.17, 15) is 9.50 Å². The minimum absolute atomic E-state index is 0.203. The van der Waals surface area contributed by atoms with Gasteiger partial charge in [0.05, 0.1) is 0 Å². The number of aliphatic hydroxyl groups is 1. The summed E-state index contributed by atoms with van der Waals surface area (Å²) in [4.78, 5) is 2.44. The van der Waals surface area contributed by atoms with Gasteiger partial charge in [-0.05, 0) is 57.1 Å². The Kier molecular flexibility index (Phi) is 6.42. The highest BCUT2D eigenvalue weighted by molar-refractivity contribution is 5.22. The normalized spacial score (nSPS) is 18.6. The second kappa shape index (κ2) is 8.32. The van der Waals surface area contributed by atoms with Crippen molar-refractivity contribution >= 4 is 0 Å². The van der Waals surface area contributed by atoms with Gasteiger partial charge in [-0.2, -0.15) is 0 Å². The second-order valence-electron chi connectivity index (χ2n) is 5.74. The van der Waals surface area contributed by atoms with Gasteiger partial charge >= 0.3 is 0 Å². The van der Waals surface area contributed by atoms with Crippen LogP contribution in [0.2, 0.25) is 0 Å². The fourth-order valence-corrected chi connectivity index (χ4v) is 2.54. The van der Waals surface area contributed by atoms with E-state index in [2.05, 4.69) is 17.1 Å². The summed E-state index contributed by atoms with van der Waals surface area (Å²) in [5.74, 6) is 0.279. The molecule has 2 rings (SSSR count). The zero-order valence-electron chi connectivity index (χ0n) is 12.6. The van der Waals surface area contributed by atoms with Crippen LogP contribution in [0.4, 0.5) is 4.39 Å². The highest BCUT2D eigenvalue weighted by Crippen LogP contribution is 2.11. The molecule has 0 saturated carbocycles. The topological polar surface area (TPSA) is 44.7 Å². The van der Waals surface area contributed by atoms with Crippen LogP contribution in [-0.4, -0.2) is 54.9 Å². The van der Waals surface area contributed by atoms with Crippen LogP contribution in [0.3, 0.4) is 0 Å². The van der Waals surface area contributed by atoms with Gasteiger partial charge in [-0.1, -0.05) is 0 Å². The van der Waals surface area contributed by atoms with Crippen molar-refractivity contribution in [3.8, 4) is 5.75 Å². The average molecular weight is 296 g/mol. The number of ether oxygens (including phenoxy) is 1. The summed E-state index contributed by atoms with van der Waals surface area (Å²) in [6, 6.07) is 6.16. The van der Waals surface area contributed by atoms with Gasteiger partial charge in [-0.3, -0.25) is 0 Å². The van der Waals surface area contributed by atoms with E-state index >= 15 is 0 Å². The van der Waals surface area contributed by atoms with Gasteiger partial charge in [0.1, 0.15) is 24.3 Å². The molecule has 1 fully saturated rings. The van der Waals surface area contributed by atoms with E-state index in [-0.39, 0.29) is 12.4 Å². The summed E-state index contributed by atoms with van der Waals surface area (Å²) in [6.45, 7) is 6.22. The van der Waals surface area contributed by atoms with Gasteiger partial charge < -0.3 is 20.1 Å². The van der Waals surface area contributed by atoms with Crippen molar-refractivity contribution in [2.24, 2.45) is 0 Å².